The molecule has 0 aliphatic carbocycles. The number of aryl methyl sites for hydroxylation is 3. The molecule has 0 radical (unpaired) electrons. The number of nitrogens with one attached hydrogen (secondary N) is 1. The van der Waals surface area contributed by atoms with Gasteiger partial charge in [0.2, 0.25) is 11.8 Å². The topological polar surface area (TPSA) is 80.9 Å². The van der Waals surface area contributed by atoms with Crippen molar-refractivity contribution >= 4 is 16.8 Å². The maximum atomic E-state index is 12.8. The molecule has 1 aromatic carbocycles. The van der Waals surface area contributed by atoms with E-state index in [4.69, 9.17) is 4.42 Å². The predicted molar refractivity (Wildman–Crippen MR) is 90.8 cm³/mol. The lowest BCUT2D eigenvalue weighted by Gasteiger charge is -2.13. The summed E-state index contributed by atoms with van der Waals surface area (Å²) in [6.07, 6.45) is 0.905. The average Bonchev–Trinajstić information content (AvgIpc) is 3.00. The van der Waals surface area contributed by atoms with Crippen LogP contribution in [0.4, 0.5) is 0 Å². The highest BCUT2D eigenvalue weighted by atomic mass is 16.4. The second-order valence-corrected chi connectivity index (χ2v) is 5.87. The minimum absolute atomic E-state index is 0.179. The van der Waals surface area contributed by atoms with E-state index in [0.29, 0.717) is 17.3 Å². The fourth-order valence-electron chi connectivity index (χ4n) is 2.64. The molecule has 1 N–H and O–H groups in total. The Morgan fingerprint density at radius 3 is 2.71 bits per heavy atom. The van der Waals surface area contributed by atoms with Crippen LogP contribution < -0.4 is 5.32 Å². The van der Waals surface area contributed by atoms with Crippen molar-refractivity contribution < 1.29 is 9.21 Å². The molecule has 0 unspecified atom stereocenters. The van der Waals surface area contributed by atoms with Crippen molar-refractivity contribution in [1.82, 2.24) is 20.5 Å². The standard InChI is InChI=1S/C18H20N4O2/c1-5-13-6-7-16-14(9-13)15(8-10(2)19-16)17(23)20-11(3)18-22-21-12(4)24-18/h6-9,11H,5H2,1-4H3,(H,20,23)/t11-/m0/s1. The number of aromatic nitrogens is 3. The average molecular weight is 324 g/mol. The summed E-state index contributed by atoms with van der Waals surface area (Å²) in [5.74, 6) is 0.691. The van der Waals surface area contributed by atoms with Gasteiger partial charge in [-0.3, -0.25) is 9.78 Å². The molecular formula is C18H20N4O2. The molecule has 3 aromatic rings. The Labute approximate surface area is 140 Å². The molecule has 0 aliphatic heterocycles. The number of nitrogens with zero attached hydrogens (tertiary/aromatic N) is 3. The van der Waals surface area contributed by atoms with Gasteiger partial charge >= 0.3 is 0 Å². The number of hydrogen-bond acceptors (Lipinski definition) is 5. The van der Waals surface area contributed by atoms with Crippen LogP contribution in [0, 0.1) is 13.8 Å². The van der Waals surface area contributed by atoms with Crippen molar-refractivity contribution in [2.24, 2.45) is 0 Å². The number of hydrogen-bond donors (Lipinski definition) is 1. The van der Waals surface area contributed by atoms with Gasteiger partial charge in [0.25, 0.3) is 5.91 Å². The summed E-state index contributed by atoms with van der Waals surface area (Å²) in [5.41, 5.74) is 3.40. The van der Waals surface area contributed by atoms with Gasteiger partial charge in [0.05, 0.1) is 11.1 Å². The first-order chi connectivity index (χ1) is 11.5. The lowest BCUT2D eigenvalue weighted by atomic mass is 10.0. The molecular weight excluding hydrogens is 304 g/mol. The van der Waals surface area contributed by atoms with Gasteiger partial charge < -0.3 is 9.73 Å². The zero-order valence-corrected chi connectivity index (χ0v) is 14.3. The molecule has 3 rings (SSSR count). The third-order valence-electron chi connectivity index (χ3n) is 3.91. The molecule has 1 amide bonds. The first kappa shape index (κ1) is 16.1. The number of amides is 1. The molecule has 6 heteroatoms. The molecule has 124 valence electrons. The van der Waals surface area contributed by atoms with E-state index in [0.717, 1.165) is 23.0 Å². The molecule has 0 saturated carbocycles. The minimum Gasteiger partial charge on any atom is -0.423 e. The molecule has 0 bridgehead atoms. The second-order valence-electron chi connectivity index (χ2n) is 5.87. The fourth-order valence-corrected chi connectivity index (χ4v) is 2.64. The van der Waals surface area contributed by atoms with Gasteiger partial charge in [0.15, 0.2) is 0 Å². The van der Waals surface area contributed by atoms with Crippen LogP contribution in [0.15, 0.2) is 28.7 Å². The van der Waals surface area contributed by atoms with Crippen LogP contribution in [0.5, 0.6) is 0 Å². The summed E-state index contributed by atoms with van der Waals surface area (Å²) in [5, 5.41) is 11.5. The van der Waals surface area contributed by atoms with E-state index in [1.165, 1.54) is 5.56 Å². The third kappa shape index (κ3) is 3.13. The van der Waals surface area contributed by atoms with E-state index in [2.05, 4.69) is 27.4 Å². The van der Waals surface area contributed by atoms with Crippen LogP contribution in [0.3, 0.4) is 0 Å². The SMILES string of the molecule is CCc1ccc2nc(C)cc(C(=O)N[C@@H](C)c3nnc(C)o3)c2c1. The monoisotopic (exact) mass is 324 g/mol. The smallest absolute Gasteiger partial charge is 0.252 e. The van der Waals surface area contributed by atoms with Crippen LogP contribution in [0.2, 0.25) is 0 Å². The third-order valence-corrected chi connectivity index (χ3v) is 3.91. The van der Waals surface area contributed by atoms with E-state index >= 15 is 0 Å². The Hall–Kier alpha value is -2.76. The van der Waals surface area contributed by atoms with Gasteiger partial charge in [0, 0.05) is 18.0 Å². The predicted octanol–water partition coefficient (Wildman–Crippen LogP) is 3.29. The lowest BCUT2D eigenvalue weighted by molar-refractivity contribution is 0.0935. The molecule has 6 nitrogen and oxygen atoms in total. The summed E-state index contributed by atoms with van der Waals surface area (Å²) in [7, 11) is 0. The number of rotatable bonds is 4. The van der Waals surface area contributed by atoms with Gasteiger partial charge in [-0.1, -0.05) is 13.0 Å². The highest BCUT2D eigenvalue weighted by Gasteiger charge is 2.18. The van der Waals surface area contributed by atoms with Crippen LogP contribution in [0.1, 0.15) is 53.3 Å². The molecule has 0 fully saturated rings. The number of carbonyl (C=O) groups is 1. The highest BCUT2D eigenvalue weighted by Crippen LogP contribution is 2.21. The summed E-state index contributed by atoms with van der Waals surface area (Å²) < 4.78 is 5.38. The van der Waals surface area contributed by atoms with E-state index in [1.807, 2.05) is 38.1 Å². The summed E-state index contributed by atoms with van der Waals surface area (Å²) in [6, 6.07) is 7.47. The van der Waals surface area contributed by atoms with Crippen LogP contribution in [-0.4, -0.2) is 21.1 Å². The fraction of sp³-hybridized carbons (Fsp3) is 0.333. The number of benzene rings is 1. The van der Waals surface area contributed by atoms with Gasteiger partial charge in [-0.15, -0.1) is 10.2 Å². The van der Waals surface area contributed by atoms with Crippen molar-refractivity contribution in [1.29, 1.82) is 0 Å². The van der Waals surface area contributed by atoms with E-state index in [9.17, 15) is 4.79 Å². The van der Waals surface area contributed by atoms with Gasteiger partial charge in [0.1, 0.15) is 6.04 Å². The molecule has 0 saturated heterocycles. The zero-order valence-electron chi connectivity index (χ0n) is 14.3. The Morgan fingerprint density at radius 1 is 1.25 bits per heavy atom. The van der Waals surface area contributed by atoms with Gasteiger partial charge in [-0.25, -0.2) is 0 Å². The van der Waals surface area contributed by atoms with Gasteiger partial charge in [-0.05, 0) is 44.0 Å². The summed E-state index contributed by atoms with van der Waals surface area (Å²) in [4.78, 5) is 17.3. The van der Waals surface area contributed by atoms with Gasteiger partial charge in [-0.2, -0.15) is 0 Å². The number of carbonyl (C=O) groups excluding carboxylic acids is 1. The largest absolute Gasteiger partial charge is 0.423 e. The van der Waals surface area contributed by atoms with Crippen molar-refractivity contribution in [3.8, 4) is 0 Å². The number of fused-ring (bicyclic) bond motifs is 1. The quantitative estimate of drug-likeness (QED) is 0.796. The second kappa shape index (κ2) is 6.39. The summed E-state index contributed by atoms with van der Waals surface area (Å²) >= 11 is 0. The Kier molecular flexibility index (Phi) is 4.29. The first-order valence-electron chi connectivity index (χ1n) is 7.99. The molecule has 24 heavy (non-hydrogen) atoms. The molecule has 2 aromatic heterocycles. The van der Waals surface area contributed by atoms with Crippen LogP contribution in [-0.2, 0) is 6.42 Å². The Morgan fingerprint density at radius 2 is 2.04 bits per heavy atom. The van der Waals surface area contributed by atoms with E-state index in [-0.39, 0.29) is 11.9 Å². The molecule has 0 spiro atoms. The van der Waals surface area contributed by atoms with E-state index < -0.39 is 0 Å². The number of pyridine rings is 1. The minimum atomic E-state index is -0.364. The van der Waals surface area contributed by atoms with Crippen LogP contribution in [0.25, 0.3) is 10.9 Å². The lowest BCUT2D eigenvalue weighted by Crippen LogP contribution is -2.27. The summed E-state index contributed by atoms with van der Waals surface area (Å²) in [6.45, 7) is 7.51. The maximum Gasteiger partial charge on any atom is 0.252 e. The Bertz CT molecular complexity index is 901. The first-order valence-corrected chi connectivity index (χ1v) is 7.99. The van der Waals surface area contributed by atoms with E-state index in [1.54, 1.807) is 6.92 Å². The van der Waals surface area contributed by atoms with Crippen molar-refractivity contribution in [2.75, 3.05) is 0 Å². The molecule has 2 heterocycles. The van der Waals surface area contributed by atoms with Crippen molar-refractivity contribution in [3.63, 3.8) is 0 Å². The highest BCUT2D eigenvalue weighted by molar-refractivity contribution is 6.06. The molecule has 1 atom stereocenters. The van der Waals surface area contributed by atoms with Crippen LogP contribution >= 0.6 is 0 Å². The normalized spacial score (nSPS) is 12.3. The Balaban J connectivity index is 1.96. The maximum absolute atomic E-state index is 12.8. The van der Waals surface area contributed by atoms with Crippen molar-refractivity contribution in [2.45, 2.75) is 40.2 Å². The zero-order chi connectivity index (χ0) is 17.3. The van der Waals surface area contributed by atoms with Crippen molar-refractivity contribution in [3.05, 3.63) is 52.9 Å². The molecule has 0 aliphatic rings.